The zero-order valence-electron chi connectivity index (χ0n) is 16.4. The second-order valence-electron chi connectivity index (χ2n) is 7.52. The highest BCUT2D eigenvalue weighted by Crippen LogP contribution is 2.35. The van der Waals surface area contributed by atoms with Gasteiger partial charge in [0, 0.05) is 24.7 Å². The van der Waals surface area contributed by atoms with Crippen molar-refractivity contribution in [3.8, 4) is 11.5 Å². The van der Waals surface area contributed by atoms with Crippen molar-refractivity contribution < 1.29 is 14.3 Å². The Balaban J connectivity index is 1.98. The fourth-order valence-electron chi connectivity index (χ4n) is 3.15. The molecule has 0 aliphatic carbocycles. The van der Waals surface area contributed by atoms with Crippen LogP contribution < -0.4 is 14.8 Å². The number of nitrogens with zero attached hydrogens (tertiary/aromatic N) is 2. The number of halogens is 1. The molecule has 1 fully saturated rings. The number of methoxy groups -OCH3 is 2. The Morgan fingerprint density at radius 1 is 1.12 bits per heavy atom. The molecule has 6 nitrogen and oxygen atoms in total. The maximum Gasteiger partial charge on any atom is 0.238 e. The summed E-state index contributed by atoms with van der Waals surface area (Å²) in [5.74, 6) is 0.958. The van der Waals surface area contributed by atoms with Gasteiger partial charge in [-0.25, -0.2) is 0 Å². The second-order valence-corrected chi connectivity index (χ2v) is 7.93. The molecule has 0 saturated carbocycles. The van der Waals surface area contributed by atoms with Crippen molar-refractivity contribution >= 4 is 23.2 Å². The number of carbonyl (C=O) groups excluding carboxylic acids is 1. The Morgan fingerprint density at radius 2 is 1.81 bits per heavy atom. The average molecular weight is 384 g/mol. The summed E-state index contributed by atoms with van der Waals surface area (Å²) < 4.78 is 10.5. The highest BCUT2D eigenvalue weighted by molar-refractivity contribution is 6.32. The number of hydrogen-bond donors (Lipinski definition) is 1. The van der Waals surface area contributed by atoms with Crippen molar-refractivity contribution in [1.29, 1.82) is 0 Å². The van der Waals surface area contributed by atoms with E-state index in [4.69, 9.17) is 21.1 Å². The molecule has 1 aromatic carbocycles. The molecule has 7 heteroatoms. The van der Waals surface area contributed by atoms with E-state index in [2.05, 4.69) is 35.9 Å². The summed E-state index contributed by atoms with van der Waals surface area (Å²) in [4.78, 5) is 17.2. The van der Waals surface area contributed by atoms with E-state index in [-0.39, 0.29) is 11.4 Å². The smallest absolute Gasteiger partial charge is 0.238 e. The molecule has 0 bridgehead atoms. The highest BCUT2D eigenvalue weighted by Gasteiger charge is 2.25. The van der Waals surface area contributed by atoms with E-state index >= 15 is 0 Å². The fraction of sp³-hybridized carbons (Fsp3) is 0.632. The Hall–Kier alpha value is -1.50. The molecule has 1 aliphatic heterocycles. The Morgan fingerprint density at radius 3 is 2.42 bits per heavy atom. The van der Waals surface area contributed by atoms with Crippen LogP contribution in [-0.4, -0.2) is 68.2 Å². The number of nitrogens with one attached hydrogen (secondary N) is 1. The van der Waals surface area contributed by atoms with Crippen LogP contribution >= 0.6 is 11.6 Å². The summed E-state index contributed by atoms with van der Waals surface area (Å²) in [6, 6.07) is 3.33. The van der Waals surface area contributed by atoms with Gasteiger partial charge in [0.25, 0.3) is 0 Å². The van der Waals surface area contributed by atoms with Crippen molar-refractivity contribution in [2.45, 2.75) is 32.7 Å². The van der Waals surface area contributed by atoms with Crippen molar-refractivity contribution in [3.05, 3.63) is 17.2 Å². The molecule has 1 aromatic rings. The minimum atomic E-state index is -0.0752. The monoisotopic (exact) mass is 383 g/mol. The molecule has 146 valence electrons. The van der Waals surface area contributed by atoms with Crippen LogP contribution in [0.3, 0.4) is 0 Å². The van der Waals surface area contributed by atoms with Crippen molar-refractivity contribution in [3.63, 3.8) is 0 Å². The Bertz CT molecular complexity index is 631. The first-order valence-corrected chi connectivity index (χ1v) is 9.31. The molecule has 1 saturated heterocycles. The van der Waals surface area contributed by atoms with Crippen LogP contribution in [0.15, 0.2) is 12.1 Å². The molecule has 26 heavy (non-hydrogen) atoms. The zero-order chi connectivity index (χ0) is 19.3. The maximum atomic E-state index is 12.5. The van der Waals surface area contributed by atoms with Crippen LogP contribution in [0.1, 0.15) is 27.2 Å². The van der Waals surface area contributed by atoms with Gasteiger partial charge < -0.3 is 14.8 Å². The summed E-state index contributed by atoms with van der Waals surface area (Å²) in [7, 11) is 3.09. The van der Waals surface area contributed by atoms with Crippen LogP contribution in [0.5, 0.6) is 11.5 Å². The van der Waals surface area contributed by atoms with Crippen molar-refractivity contribution in [2.75, 3.05) is 52.3 Å². The lowest BCUT2D eigenvalue weighted by atomic mass is 10.1. The molecule has 1 aliphatic rings. The molecule has 1 N–H and O–H groups in total. The molecule has 1 heterocycles. The lowest BCUT2D eigenvalue weighted by molar-refractivity contribution is -0.117. The van der Waals surface area contributed by atoms with Gasteiger partial charge in [0.15, 0.2) is 0 Å². The van der Waals surface area contributed by atoms with Crippen molar-refractivity contribution in [2.24, 2.45) is 0 Å². The lowest BCUT2D eigenvalue weighted by Crippen LogP contribution is -2.44. The predicted molar refractivity (Wildman–Crippen MR) is 106 cm³/mol. The largest absolute Gasteiger partial charge is 0.495 e. The molecular formula is C19H30ClN3O3. The maximum absolute atomic E-state index is 12.5. The molecule has 0 unspecified atom stereocenters. The highest BCUT2D eigenvalue weighted by atomic mass is 35.5. The van der Waals surface area contributed by atoms with Gasteiger partial charge >= 0.3 is 0 Å². The van der Waals surface area contributed by atoms with Gasteiger partial charge in [0.2, 0.25) is 5.91 Å². The summed E-state index contributed by atoms with van der Waals surface area (Å²) >= 11 is 6.17. The molecule has 0 atom stereocenters. The quantitative estimate of drug-likeness (QED) is 0.846. The molecular weight excluding hydrogens is 354 g/mol. The number of ether oxygens (including phenoxy) is 2. The van der Waals surface area contributed by atoms with Gasteiger partial charge in [-0.1, -0.05) is 11.6 Å². The molecule has 0 spiro atoms. The van der Waals surface area contributed by atoms with E-state index in [1.54, 1.807) is 26.4 Å². The minimum Gasteiger partial charge on any atom is -0.495 e. The third kappa shape index (κ3) is 5.50. The van der Waals surface area contributed by atoms with E-state index in [0.29, 0.717) is 28.8 Å². The number of rotatable bonds is 5. The van der Waals surface area contributed by atoms with E-state index < -0.39 is 0 Å². The Labute approximate surface area is 161 Å². The Kier molecular flexibility index (Phi) is 7.15. The zero-order valence-corrected chi connectivity index (χ0v) is 17.2. The number of anilines is 1. The third-order valence-electron chi connectivity index (χ3n) is 4.65. The van der Waals surface area contributed by atoms with Crippen LogP contribution in [0.4, 0.5) is 5.69 Å². The molecule has 0 aromatic heterocycles. The number of hydrogen-bond acceptors (Lipinski definition) is 5. The fourth-order valence-corrected chi connectivity index (χ4v) is 3.39. The van der Waals surface area contributed by atoms with Gasteiger partial charge in [0.1, 0.15) is 11.5 Å². The number of benzene rings is 1. The summed E-state index contributed by atoms with van der Waals surface area (Å²) in [5, 5.41) is 3.33. The minimum absolute atomic E-state index is 0.0752. The lowest BCUT2D eigenvalue weighted by Gasteiger charge is -2.34. The SMILES string of the molecule is COc1cc(OC)c(NC(=O)CN2CCCN(C(C)(C)C)CC2)cc1Cl. The molecule has 0 radical (unpaired) electrons. The first-order chi connectivity index (χ1) is 12.2. The first kappa shape index (κ1) is 20.8. The van der Waals surface area contributed by atoms with Gasteiger partial charge in [-0.3, -0.25) is 14.6 Å². The standard InChI is InChI=1S/C19H30ClN3O3/c1-19(2,3)23-8-6-7-22(9-10-23)13-18(24)21-15-11-14(20)16(25-4)12-17(15)26-5/h11-12H,6-10,13H2,1-5H3,(H,21,24). The molecule has 1 amide bonds. The number of amides is 1. The number of carbonyl (C=O) groups is 1. The summed E-state index contributed by atoms with van der Waals surface area (Å²) in [6.45, 7) is 10.9. The summed E-state index contributed by atoms with van der Waals surface area (Å²) in [5.41, 5.74) is 0.709. The van der Waals surface area contributed by atoms with E-state index in [9.17, 15) is 4.79 Å². The van der Waals surface area contributed by atoms with E-state index in [1.807, 2.05) is 0 Å². The van der Waals surface area contributed by atoms with Gasteiger partial charge in [0.05, 0.1) is 31.5 Å². The normalized spacial score (nSPS) is 16.8. The summed E-state index contributed by atoms with van der Waals surface area (Å²) in [6.07, 6.45) is 1.06. The van der Waals surface area contributed by atoms with Gasteiger partial charge in [-0.2, -0.15) is 0 Å². The molecule has 2 rings (SSSR count). The van der Waals surface area contributed by atoms with Crippen LogP contribution in [0, 0.1) is 0 Å². The average Bonchev–Trinajstić information content (AvgIpc) is 2.80. The van der Waals surface area contributed by atoms with Crippen LogP contribution in [-0.2, 0) is 4.79 Å². The van der Waals surface area contributed by atoms with Gasteiger partial charge in [-0.05, 0) is 46.3 Å². The van der Waals surface area contributed by atoms with Gasteiger partial charge in [-0.15, -0.1) is 0 Å². The van der Waals surface area contributed by atoms with Crippen LogP contribution in [0.2, 0.25) is 5.02 Å². The van der Waals surface area contributed by atoms with Crippen molar-refractivity contribution in [1.82, 2.24) is 9.80 Å². The second kappa shape index (κ2) is 8.93. The first-order valence-electron chi connectivity index (χ1n) is 8.93. The van der Waals surface area contributed by atoms with E-state index in [0.717, 1.165) is 32.6 Å². The van der Waals surface area contributed by atoms with Crippen LogP contribution in [0.25, 0.3) is 0 Å². The van der Waals surface area contributed by atoms with E-state index in [1.165, 1.54) is 0 Å². The predicted octanol–water partition coefficient (Wildman–Crippen LogP) is 3.10. The third-order valence-corrected chi connectivity index (χ3v) is 4.95. The topological polar surface area (TPSA) is 54.0 Å².